The molecule has 1 aliphatic heterocycles. The predicted octanol–water partition coefficient (Wildman–Crippen LogP) is 1.90. The van der Waals surface area contributed by atoms with Crippen LogP contribution < -0.4 is 11.1 Å². The van der Waals surface area contributed by atoms with E-state index >= 15 is 0 Å². The van der Waals surface area contributed by atoms with Gasteiger partial charge in [-0.05, 0) is 31.0 Å². The molecule has 23 heavy (non-hydrogen) atoms. The van der Waals surface area contributed by atoms with Crippen molar-refractivity contribution < 1.29 is 14.3 Å². The number of benzene rings is 1. The molecule has 1 aromatic rings. The molecule has 0 atom stereocenters. The first-order chi connectivity index (χ1) is 10.8. The normalized spacial score (nSPS) is 16.7. The highest BCUT2D eigenvalue weighted by atomic mass is 35.5. The predicted molar refractivity (Wildman–Crippen MR) is 89.7 cm³/mol. The Bertz CT molecular complexity index is 604. The van der Waals surface area contributed by atoms with E-state index in [9.17, 15) is 9.59 Å². The molecule has 0 aromatic heterocycles. The molecule has 0 spiro atoms. The number of carbonyl (C=O) groups is 2. The van der Waals surface area contributed by atoms with Crippen LogP contribution >= 0.6 is 23.2 Å². The third-order valence-electron chi connectivity index (χ3n) is 3.74. The molecule has 1 fully saturated rings. The van der Waals surface area contributed by atoms with Gasteiger partial charge in [0.1, 0.15) is 0 Å². The molecule has 1 aliphatic rings. The topological polar surface area (TPSA) is 84.7 Å². The molecule has 0 radical (unpaired) electrons. The first-order valence-electron chi connectivity index (χ1n) is 7.19. The van der Waals surface area contributed by atoms with Crippen LogP contribution in [0.5, 0.6) is 0 Å². The lowest BCUT2D eigenvalue weighted by molar-refractivity contribution is -0.141. The van der Waals surface area contributed by atoms with Gasteiger partial charge < -0.3 is 20.7 Å². The SMILES string of the molecule is CN(CC(=O)Nc1ccc(Cl)c(Cl)c1)C(=O)C1(N)CCOCC1. The van der Waals surface area contributed by atoms with Crippen molar-refractivity contribution in [3.05, 3.63) is 28.2 Å². The van der Waals surface area contributed by atoms with Gasteiger partial charge in [-0.2, -0.15) is 0 Å². The lowest BCUT2D eigenvalue weighted by atomic mass is 9.90. The zero-order valence-corrected chi connectivity index (χ0v) is 14.3. The second-order valence-corrected chi connectivity index (χ2v) is 6.42. The summed E-state index contributed by atoms with van der Waals surface area (Å²) in [6.07, 6.45) is 0.898. The molecule has 2 amide bonds. The Hall–Kier alpha value is -1.34. The molecule has 0 bridgehead atoms. The van der Waals surface area contributed by atoms with Crippen molar-refractivity contribution in [1.29, 1.82) is 0 Å². The summed E-state index contributed by atoms with van der Waals surface area (Å²) in [4.78, 5) is 25.8. The molecule has 2 rings (SSSR count). The molecule has 3 N–H and O–H groups in total. The number of nitrogens with two attached hydrogens (primary N) is 1. The summed E-state index contributed by atoms with van der Waals surface area (Å²) in [7, 11) is 1.56. The number of nitrogens with zero attached hydrogens (tertiary/aromatic N) is 1. The van der Waals surface area contributed by atoms with Gasteiger partial charge in [0, 0.05) is 25.9 Å². The fourth-order valence-corrected chi connectivity index (χ4v) is 2.69. The summed E-state index contributed by atoms with van der Waals surface area (Å²) < 4.78 is 5.22. The van der Waals surface area contributed by atoms with Gasteiger partial charge in [-0.15, -0.1) is 0 Å². The Kier molecular flexibility index (Phi) is 5.86. The lowest BCUT2D eigenvalue weighted by Gasteiger charge is -2.35. The fraction of sp³-hybridized carbons (Fsp3) is 0.467. The number of amides is 2. The lowest BCUT2D eigenvalue weighted by Crippen LogP contribution is -2.58. The minimum absolute atomic E-state index is 0.0983. The summed E-state index contributed by atoms with van der Waals surface area (Å²) >= 11 is 11.7. The largest absolute Gasteiger partial charge is 0.381 e. The average Bonchev–Trinajstić information content (AvgIpc) is 2.50. The second-order valence-electron chi connectivity index (χ2n) is 5.61. The van der Waals surface area contributed by atoms with Crippen LogP contribution in [0.1, 0.15) is 12.8 Å². The van der Waals surface area contributed by atoms with E-state index in [-0.39, 0.29) is 18.4 Å². The van der Waals surface area contributed by atoms with E-state index in [1.165, 1.54) is 4.90 Å². The maximum atomic E-state index is 12.4. The van der Waals surface area contributed by atoms with Crippen molar-refractivity contribution in [2.75, 3.05) is 32.1 Å². The van der Waals surface area contributed by atoms with Gasteiger partial charge in [0.05, 0.1) is 22.1 Å². The highest BCUT2D eigenvalue weighted by Crippen LogP contribution is 2.25. The van der Waals surface area contributed by atoms with Crippen molar-refractivity contribution in [3.63, 3.8) is 0 Å². The molecule has 6 nitrogen and oxygen atoms in total. The highest BCUT2D eigenvalue weighted by Gasteiger charge is 2.38. The maximum absolute atomic E-state index is 12.4. The molecule has 0 unspecified atom stereocenters. The Balaban J connectivity index is 1.93. The number of hydrogen-bond donors (Lipinski definition) is 2. The zero-order valence-electron chi connectivity index (χ0n) is 12.8. The number of anilines is 1. The standard InChI is InChI=1S/C15H19Cl2N3O3/c1-20(14(22)15(18)4-6-23-7-5-15)9-13(21)19-10-2-3-11(16)12(17)8-10/h2-3,8H,4-7,9,18H2,1H3,(H,19,21). The Labute approximate surface area is 144 Å². The zero-order chi connectivity index (χ0) is 17.0. The highest BCUT2D eigenvalue weighted by molar-refractivity contribution is 6.42. The average molecular weight is 360 g/mol. The van der Waals surface area contributed by atoms with Crippen molar-refractivity contribution >= 4 is 40.7 Å². The second kappa shape index (κ2) is 7.49. The molecule has 0 aliphatic carbocycles. The molecule has 8 heteroatoms. The number of likely N-dealkylation sites (N-methyl/N-ethyl adjacent to an activating group) is 1. The fourth-order valence-electron chi connectivity index (χ4n) is 2.39. The summed E-state index contributed by atoms with van der Waals surface area (Å²) in [6.45, 7) is 0.802. The van der Waals surface area contributed by atoms with E-state index in [0.29, 0.717) is 41.8 Å². The van der Waals surface area contributed by atoms with Crippen LogP contribution in [-0.4, -0.2) is 49.1 Å². The molecule has 1 heterocycles. The van der Waals surface area contributed by atoms with Crippen LogP contribution in [0.4, 0.5) is 5.69 Å². The maximum Gasteiger partial charge on any atom is 0.243 e. The summed E-state index contributed by atoms with van der Waals surface area (Å²) in [5, 5.41) is 3.42. The minimum atomic E-state index is -0.961. The molecular formula is C15H19Cl2N3O3. The van der Waals surface area contributed by atoms with E-state index in [1.807, 2.05) is 0 Å². The summed E-state index contributed by atoms with van der Waals surface area (Å²) in [5.74, 6) is -0.597. The van der Waals surface area contributed by atoms with E-state index in [0.717, 1.165) is 0 Å². The first kappa shape index (κ1) is 18.0. The third-order valence-corrected chi connectivity index (χ3v) is 4.48. The number of nitrogens with one attached hydrogen (secondary N) is 1. The number of carbonyl (C=O) groups excluding carboxylic acids is 2. The number of rotatable bonds is 4. The van der Waals surface area contributed by atoms with Crippen LogP contribution in [0.3, 0.4) is 0 Å². The van der Waals surface area contributed by atoms with Crippen molar-refractivity contribution in [2.45, 2.75) is 18.4 Å². The quantitative estimate of drug-likeness (QED) is 0.859. The minimum Gasteiger partial charge on any atom is -0.381 e. The molecule has 0 saturated carbocycles. The Morgan fingerprint density at radius 3 is 2.57 bits per heavy atom. The monoisotopic (exact) mass is 359 g/mol. The van der Waals surface area contributed by atoms with Crippen LogP contribution in [-0.2, 0) is 14.3 Å². The summed E-state index contributed by atoms with van der Waals surface area (Å²) in [5.41, 5.74) is 5.68. The number of hydrogen-bond acceptors (Lipinski definition) is 4. The van der Waals surface area contributed by atoms with Gasteiger partial charge in [-0.1, -0.05) is 23.2 Å². The van der Waals surface area contributed by atoms with E-state index in [1.54, 1.807) is 25.2 Å². The van der Waals surface area contributed by atoms with Gasteiger partial charge >= 0.3 is 0 Å². The molecule has 126 valence electrons. The van der Waals surface area contributed by atoms with Crippen LogP contribution in [0, 0.1) is 0 Å². The van der Waals surface area contributed by atoms with Gasteiger partial charge in [0.25, 0.3) is 0 Å². The van der Waals surface area contributed by atoms with Crippen molar-refractivity contribution in [2.24, 2.45) is 5.73 Å². The van der Waals surface area contributed by atoms with Crippen LogP contribution in [0.25, 0.3) is 0 Å². The molecular weight excluding hydrogens is 341 g/mol. The van der Waals surface area contributed by atoms with Crippen LogP contribution in [0.15, 0.2) is 18.2 Å². The number of ether oxygens (including phenoxy) is 1. The Morgan fingerprint density at radius 2 is 1.96 bits per heavy atom. The number of halogens is 2. The van der Waals surface area contributed by atoms with Crippen molar-refractivity contribution in [3.8, 4) is 0 Å². The van der Waals surface area contributed by atoms with E-state index in [2.05, 4.69) is 5.32 Å². The Morgan fingerprint density at radius 1 is 1.30 bits per heavy atom. The smallest absolute Gasteiger partial charge is 0.243 e. The molecule has 1 saturated heterocycles. The third kappa shape index (κ3) is 4.57. The van der Waals surface area contributed by atoms with Gasteiger partial charge in [0.2, 0.25) is 11.8 Å². The van der Waals surface area contributed by atoms with Crippen molar-refractivity contribution in [1.82, 2.24) is 4.90 Å². The van der Waals surface area contributed by atoms with Crippen LogP contribution in [0.2, 0.25) is 10.0 Å². The van der Waals surface area contributed by atoms with E-state index in [4.69, 9.17) is 33.7 Å². The van der Waals surface area contributed by atoms with Gasteiger partial charge in [-0.3, -0.25) is 9.59 Å². The first-order valence-corrected chi connectivity index (χ1v) is 7.94. The van der Waals surface area contributed by atoms with Gasteiger partial charge in [0.15, 0.2) is 0 Å². The summed E-state index contributed by atoms with van der Waals surface area (Å²) in [6, 6.07) is 4.77. The van der Waals surface area contributed by atoms with Gasteiger partial charge in [-0.25, -0.2) is 0 Å². The van der Waals surface area contributed by atoms with E-state index < -0.39 is 5.54 Å². The molecule has 1 aromatic carbocycles.